The van der Waals surface area contributed by atoms with Gasteiger partial charge in [0.15, 0.2) is 0 Å². The Morgan fingerprint density at radius 1 is 0.909 bits per heavy atom. The Bertz CT molecular complexity index is 1030. The summed E-state index contributed by atoms with van der Waals surface area (Å²) in [6.45, 7) is 0. The fraction of sp³-hybridized carbons (Fsp3) is 0.200. The number of rotatable bonds is 5. The van der Waals surface area contributed by atoms with Crippen LogP contribution < -0.4 is 10.9 Å². The van der Waals surface area contributed by atoms with Crippen molar-refractivity contribution in [3.63, 3.8) is 0 Å². The average Bonchev–Trinajstić information content (AvgIpc) is 2.68. The van der Waals surface area contributed by atoms with Crippen molar-refractivity contribution in [3.05, 3.63) is 74.2 Å². The maximum Gasteiger partial charge on any atom is 0.399 e. The van der Waals surface area contributed by atoms with Crippen molar-refractivity contribution in [1.82, 2.24) is 10.9 Å². The standard InChI is InChI=1S/C20H13Cl3F6N2O2/c21-14-7-12(8-15(22)17(14)23)13(20(27,28)29)6-3-10-1-4-11(5-2-10)18(33)31-30-16(32)9-19(24,25)26/h1-8,13H,9H2,(H,30,32)(H,31,33). The van der Waals surface area contributed by atoms with Crippen LogP contribution in [0.2, 0.25) is 15.1 Å². The molecule has 2 N–H and O–H groups in total. The van der Waals surface area contributed by atoms with Crippen molar-refractivity contribution in [3.8, 4) is 0 Å². The van der Waals surface area contributed by atoms with Gasteiger partial charge >= 0.3 is 12.4 Å². The zero-order chi connectivity index (χ0) is 25.0. The Balaban J connectivity index is 2.12. The number of amides is 2. The van der Waals surface area contributed by atoms with Crippen molar-refractivity contribution in [2.45, 2.75) is 24.7 Å². The van der Waals surface area contributed by atoms with E-state index in [0.29, 0.717) is 0 Å². The van der Waals surface area contributed by atoms with E-state index in [-0.39, 0.29) is 31.8 Å². The maximum atomic E-state index is 13.6. The summed E-state index contributed by atoms with van der Waals surface area (Å²) < 4.78 is 77.0. The molecule has 0 aliphatic rings. The number of carbonyl (C=O) groups is 2. The second-order valence-corrected chi connectivity index (χ2v) is 7.79. The number of nitrogens with one attached hydrogen (secondary N) is 2. The largest absolute Gasteiger partial charge is 0.399 e. The molecular formula is C20H13Cl3F6N2O2. The topological polar surface area (TPSA) is 58.2 Å². The van der Waals surface area contributed by atoms with Crippen LogP contribution in [-0.4, -0.2) is 24.2 Å². The van der Waals surface area contributed by atoms with Crippen molar-refractivity contribution in [2.75, 3.05) is 0 Å². The predicted octanol–water partition coefficient (Wildman–Crippen LogP) is 6.72. The molecule has 0 aliphatic carbocycles. The second-order valence-electron chi connectivity index (χ2n) is 6.59. The maximum absolute atomic E-state index is 13.6. The SMILES string of the molecule is O=C(CC(F)(F)F)NNC(=O)c1ccc(C=CC(c2cc(Cl)c(Cl)c(Cl)c2)C(F)(F)F)cc1. The van der Waals surface area contributed by atoms with Crippen LogP contribution in [0.3, 0.4) is 0 Å². The smallest absolute Gasteiger partial charge is 0.273 e. The van der Waals surface area contributed by atoms with Gasteiger partial charge in [-0.1, -0.05) is 59.1 Å². The minimum atomic E-state index is -4.74. The molecule has 2 aromatic rings. The van der Waals surface area contributed by atoms with Gasteiger partial charge in [-0.3, -0.25) is 20.4 Å². The highest BCUT2D eigenvalue weighted by Crippen LogP contribution is 2.41. The molecule has 0 spiro atoms. The van der Waals surface area contributed by atoms with Gasteiger partial charge in [0.2, 0.25) is 5.91 Å². The third-order valence-electron chi connectivity index (χ3n) is 4.05. The van der Waals surface area contributed by atoms with Crippen LogP contribution >= 0.6 is 34.8 Å². The molecule has 0 aliphatic heterocycles. The summed E-state index contributed by atoms with van der Waals surface area (Å²) in [6, 6.07) is 7.14. The summed E-state index contributed by atoms with van der Waals surface area (Å²) in [7, 11) is 0. The van der Waals surface area contributed by atoms with E-state index in [1.54, 1.807) is 10.9 Å². The van der Waals surface area contributed by atoms with Crippen LogP contribution in [0, 0.1) is 0 Å². The molecule has 4 nitrogen and oxygen atoms in total. The van der Waals surface area contributed by atoms with Crippen LogP contribution in [0.15, 0.2) is 42.5 Å². The van der Waals surface area contributed by atoms with Crippen molar-refractivity contribution >= 4 is 52.7 Å². The summed E-state index contributed by atoms with van der Waals surface area (Å²) in [6.07, 6.45) is -9.17. The normalized spacial score (nSPS) is 13.1. The van der Waals surface area contributed by atoms with Gasteiger partial charge in [0.1, 0.15) is 6.42 Å². The van der Waals surface area contributed by atoms with Gasteiger partial charge in [0.25, 0.3) is 5.91 Å². The number of halogens is 9. The lowest BCUT2D eigenvalue weighted by molar-refractivity contribution is -0.154. The van der Waals surface area contributed by atoms with Gasteiger partial charge in [-0.25, -0.2) is 0 Å². The fourth-order valence-corrected chi connectivity index (χ4v) is 3.15. The van der Waals surface area contributed by atoms with E-state index in [0.717, 1.165) is 24.3 Å². The molecule has 2 rings (SSSR count). The molecule has 2 amide bonds. The third-order valence-corrected chi connectivity index (χ3v) is 5.25. The minimum Gasteiger partial charge on any atom is -0.273 e. The van der Waals surface area contributed by atoms with Gasteiger partial charge in [0, 0.05) is 5.56 Å². The van der Waals surface area contributed by atoms with Gasteiger partial charge < -0.3 is 0 Å². The number of hydrogen-bond donors (Lipinski definition) is 2. The molecule has 1 unspecified atom stereocenters. The molecule has 0 saturated carbocycles. The Morgan fingerprint density at radius 3 is 1.94 bits per heavy atom. The molecule has 178 valence electrons. The van der Waals surface area contributed by atoms with Crippen molar-refractivity contribution in [1.29, 1.82) is 0 Å². The fourth-order valence-electron chi connectivity index (χ4n) is 2.54. The van der Waals surface area contributed by atoms with Crippen molar-refractivity contribution < 1.29 is 35.9 Å². The number of hydrazine groups is 1. The van der Waals surface area contributed by atoms with Crippen LogP contribution in [0.1, 0.15) is 33.8 Å². The minimum absolute atomic E-state index is 0.0527. The van der Waals surface area contributed by atoms with Crippen LogP contribution in [0.5, 0.6) is 0 Å². The lowest BCUT2D eigenvalue weighted by atomic mass is 9.97. The lowest BCUT2D eigenvalue weighted by Crippen LogP contribution is -2.43. The van der Waals surface area contributed by atoms with E-state index in [1.165, 1.54) is 24.3 Å². The van der Waals surface area contributed by atoms with Gasteiger partial charge in [-0.2, -0.15) is 26.3 Å². The van der Waals surface area contributed by atoms with E-state index in [2.05, 4.69) is 0 Å². The predicted molar refractivity (Wildman–Crippen MR) is 112 cm³/mol. The van der Waals surface area contributed by atoms with Crippen molar-refractivity contribution in [2.24, 2.45) is 0 Å². The zero-order valence-corrected chi connectivity index (χ0v) is 18.4. The summed E-state index contributed by atoms with van der Waals surface area (Å²) in [5.74, 6) is -4.44. The highest BCUT2D eigenvalue weighted by atomic mass is 35.5. The molecule has 2 aromatic carbocycles. The van der Waals surface area contributed by atoms with E-state index < -0.39 is 36.5 Å². The third kappa shape index (κ3) is 8.13. The van der Waals surface area contributed by atoms with Crippen LogP contribution in [-0.2, 0) is 4.79 Å². The molecule has 33 heavy (non-hydrogen) atoms. The van der Waals surface area contributed by atoms with E-state index in [1.807, 2.05) is 0 Å². The molecular weight excluding hydrogens is 521 g/mol. The summed E-state index contributed by atoms with van der Waals surface area (Å²) in [5.41, 5.74) is 3.42. The molecule has 13 heteroatoms. The first-order chi connectivity index (χ1) is 15.2. The average molecular weight is 534 g/mol. The highest BCUT2D eigenvalue weighted by molar-refractivity contribution is 6.48. The lowest BCUT2D eigenvalue weighted by Gasteiger charge is -2.18. The first-order valence-corrected chi connectivity index (χ1v) is 9.96. The number of hydrogen-bond acceptors (Lipinski definition) is 2. The van der Waals surface area contributed by atoms with E-state index >= 15 is 0 Å². The first-order valence-electron chi connectivity index (χ1n) is 8.82. The highest BCUT2D eigenvalue weighted by Gasteiger charge is 2.39. The van der Waals surface area contributed by atoms with E-state index in [4.69, 9.17) is 34.8 Å². The summed E-state index contributed by atoms with van der Waals surface area (Å²) in [4.78, 5) is 23.0. The Morgan fingerprint density at radius 2 is 1.45 bits per heavy atom. The summed E-state index contributed by atoms with van der Waals surface area (Å²) >= 11 is 17.4. The number of benzene rings is 2. The van der Waals surface area contributed by atoms with Gasteiger partial charge in [0.05, 0.1) is 21.0 Å². The molecule has 0 fully saturated rings. The number of allylic oxidation sites excluding steroid dienone is 1. The van der Waals surface area contributed by atoms with E-state index in [9.17, 15) is 35.9 Å². The monoisotopic (exact) mass is 532 g/mol. The number of carbonyl (C=O) groups excluding carboxylic acids is 2. The Hall–Kier alpha value is -2.43. The first kappa shape index (κ1) is 26.8. The molecule has 1 atom stereocenters. The quantitative estimate of drug-likeness (QED) is 0.255. The zero-order valence-electron chi connectivity index (χ0n) is 16.1. The Labute approximate surface area is 198 Å². The second kappa shape index (κ2) is 10.7. The molecule has 0 heterocycles. The molecule has 0 saturated heterocycles. The van der Waals surface area contributed by atoms with Gasteiger partial charge in [-0.15, -0.1) is 0 Å². The number of alkyl halides is 6. The van der Waals surface area contributed by atoms with Crippen LogP contribution in [0.25, 0.3) is 6.08 Å². The molecule has 0 aromatic heterocycles. The molecule has 0 bridgehead atoms. The van der Waals surface area contributed by atoms with Crippen LogP contribution in [0.4, 0.5) is 26.3 Å². The van der Waals surface area contributed by atoms with Gasteiger partial charge in [-0.05, 0) is 35.4 Å². The summed E-state index contributed by atoms with van der Waals surface area (Å²) in [5, 5.41) is -0.352. The Kier molecular flexibility index (Phi) is 8.67. The molecule has 0 radical (unpaired) electrons.